The summed E-state index contributed by atoms with van der Waals surface area (Å²) in [4.78, 5) is 0. The Morgan fingerprint density at radius 3 is 2.67 bits per heavy atom. The number of nitrogens with one attached hydrogen (secondary N) is 1. The van der Waals surface area contributed by atoms with Crippen LogP contribution in [0, 0.1) is 0 Å². The molecule has 3 aromatic rings. The fourth-order valence-electron chi connectivity index (χ4n) is 3.28. The van der Waals surface area contributed by atoms with E-state index in [-0.39, 0.29) is 6.04 Å². The standard InChI is InChI=1S/C19H17NO/c1-21-19-9-5-4-8-15(19)18-12-16-14-7-3-2-6-13(14)10-11-17(16)20-18/h2-11,18,20H,12H2,1H3. The van der Waals surface area contributed by atoms with Crippen molar-refractivity contribution in [2.24, 2.45) is 0 Å². The largest absolute Gasteiger partial charge is 0.496 e. The lowest BCUT2D eigenvalue weighted by Crippen LogP contribution is -2.07. The van der Waals surface area contributed by atoms with Gasteiger partial charge in [-0.2, -0.15) is 0 Å². The predicted octanol–water partition coefficient (Wildman–Crippen LogP) is 4.56. The summed E-state index contributed by atoms with van der Waals surface area (Å²) in [7, 11) is 1.73. The highest BCUT2D eigenvalue weighted by atomic mass is 16.5. The first-order valence-corrected chi connectivity index (χ1v) is 7.27. The minimum absolute atomic E-state index is 0.280. The van der Waals surface area contributed by atoms with Crippen LogP contribution in [0.1, 0.15) is 17.2 Å². The molecule has 1 N–H and O–H groups in total. The maximum absolute atomic E-state index is 5.50. The van der Waals surface area contributed by atoms with Crippen molar-refractivity contribution in [2.45, 2.75) is 12.5 Å². The number of hydrogen-bond donors (Lipinski definition) is 1. The minimum atomic E-state index is 0.280. The molecule has 1 heterocycles. The molecule has 0 aromatic heterocycles. The van der Waals surface area contributed by atoms with E-state index < -0.39 is 0 Å². The van der Waals surface area contributed by atoms with Crippen molar-refractivity contribution in [3.8, 4) is 5.75 Å². The van der Waals surface area contributed by atoms with E-state index in [2.05, 4.69) is 53.8 Å². The van der Waals surface area contributed by atoms with Crippen molar-refractivity contribution in [1.29, 1.82) is 0 Å². The molecular formula is C19H17NO. The van der Waals surface area contributed by atoms with Crippen molar-refractivity contribution in [3.63, 3.8) is 0 Å². The number of methoxy groups -OCH3 is 1. The van der Waals surface area contributed by atoms with E-state index >= 15 is 0 Å². The highest BCUT2D eigenvalue weighted by molar-refractivity contribution is 5.91. The molecule has 1 unspecified atom stereocenters. The molecule has 0 bridgehead atoms. The van der Waals surface area contributed by atoms with E-state index in [0.29, 0.717) is 0 Å². The second-order valence-electron chi connectivity index (χ2n) is 5.46. The van der Waals surface area contributed by atoms with Gasteiger partial charge in [0.25, 0.3) is 0 Å². The third kappa shape index (κ3) is 1.95. The van der Waals surface area contributed by atoms with E-state index in [0.717, 1.165) is 12.2 Å². The van der Waals surface area contributed by atoms with Crippen LogP contribution in [0.25, 0.3) is 10.8 Å². The van der Waals surface area contributed by atoms with E-state index in [1.54, 1.807) is 7.11 Å². The second kappa shape index (κ2) is 4.81. The van der Waals surface area contributed by atoms with Crippen molar-refractivity contribution < 1.29 is 4.74 Å². The molecule has 0 amide bonds. The minimum Gasteiger partial charge on any atom is -0.496 e. The average molecular weight is 275 g/mol. The zero-order valence-electron chi connectivity index (χ0n) is 12.0. The zero-order valence-corrected chi connectivity index (χ0v) is 12.0. The lowest BCUT2D eigenvalue weighted by atomic mass is 9.98. The Morgan fingerprint density at radius 2 is 1.76 bits per heavy atom. The molecule has 0 saturated heterocycles. The molecular weight excluding hydrogens is 258 g/mol. The van der Waals surface area contributed by atoms with E-state index in [1.807, 2.05) is 12.1 Å². The van der Waals surface area contributed by atoms with E-state index in [1.165, 1.54) is 27.6 Å². The van der Waals surface area contributed by atoms with E-state index in [9.17, 15) is 0 Å². The van der Waals surface area contributed by atoms with Gasteiger partial charge >= 0.3 is 0 Å². The highest BCUT2D eigenvalue weighted by Gasteiger charge is 2.25. The molecule has 3 aromatic carbocycles. The molecule has 2 heteroatoms. The Kier molecular flexibility index (Phi) is 2.81. The first-order chi connectivity index (χ1) is 10.4. The summed E-state index contributed by atoms with van der Waals surface area (Å²) in [6.45, 7) is 0. The number of rotatable bonds is 2. The van der Waals surface area contributed by atoms with Crippen LogP contribution >= 0.6 is 0 Å². The van der Waals surface area contributed by atoms with Gasteiger partial charge in [-0.1, -0.05) is 48.5 Å². The van der Waals surface area contributed by atoms with Gasteiger partial charge in [0.15, 0.2) is 0 Å². The SMILES string of the molecule is COc1ccccc1C1Cc2c(ccc3ccccc23)N1. The third-order valence-corrected chi connectivity index (χ3v) is 4.29. The molecule has 21 heavy (non-hydrogen) atoms. The Morgan fingerprint density at radius 1 is 0.952 bits per heavy atom. The van der Waals surface area contributed by atoms with Crippen molar-refractivity contribution >= 4 is 16.5 Å². The first kappa shape index (κ1) is 12.3. The fourth-order valence-corrected chi connectivity index (χ4v) is 3.28. The summed E-state index contributed by atoms with van der Waals surface area (Å²) in [6.07, 6.45) is 0.997. The smallest absolute Gasteiger partial charge is 0.124 e. The van der Waals surface area contributed by atoms with Crippen molar-refractivity contribution in [2.75, 3.05) is 12.4 Å². The van der Waals surface area contributed by atoms with Crippen LogP contribution < -0.4 is 10.1 Å². The van der Waals surface area contributed by atoms with Gasteiger partial charge in [-0.15, -0.1) is 0 Å². The third-order valence-electron chi connectivity index (χ3n) is 4.29. The highest BCUT2D eigenvalue weighted by Crippen LogP contribution is 2.40. The fraction of sp³-hybridized carbons (Fsp3) is 0.158. The monoisotopic (exact) mass is 275 g/mol. The van der Waals surface area contributed by atoms with Crippen LogP contribution in [0.3, 0.4) is 0 Å². The summed E-state index contributed by atoms with van der Waals surface area (Å²) in [5.41, 5.74) is 3.87. The topological polar surface area (TPSA) is 21.3 Å². The molecule has 2 nitrogen and oxygen atoms in total. The maximum Gasteiger partial charge on any atom is 0.124 e. The Bertz CT molecular complexity index is 810. The predicted molar refractivity (Wildman–Crippen MR) is 87.0 cm³/mol. The summed E-state index contributed by atoms with van der Waals surface area (Å²) in [5, 5.41) is 6.29. The van der Waals surface area contributed by atoms with Crippen molar-refractivity contribution in [1.82, 2.24) is 0 Å². The molecule has 4 rings (SSSR count). The summed E-state index contributed by atoms with van der Waals surface area (Å²) >= 11 is 0. The van der Waals surface area contributed by atoms with Crippen LogP contribution in [0.15, 0.2) is 60.7 Å². The van der Waals surface area contributed by atoms with Crippen molar-refractivity contribution in [3.05, 3.63) is 71.8 Å². The van der Waals surface area contributed by atoms with Gasteiger partial charge in [0.2, 0.25) is 0 Å². The van der Waals surface area contributed by atoms with Crippen LogP contribution in [0.5, 0.6) is 5.75 Å². The molecule has 104 valence electrons. The molecule has 1 aliphatic heterocycles. The number of hydrogen-bond acceptors (Lipinski definition) is 2. The Balaban J connectivity index is 1.79. The second-order valence-corrected chi connectivity index (χ2v) is 5.46. The molecule has 0 aliphatic carbocycles. The summed E-state index contributed by atoms with van der Waals surface area (Å²) in [5.74, 6) is 0.951. The number of benzene rings is 3. The quantitative estimate of drug-likeness (QED) is 0.740. The zero-order chi connectivity index (χ0) is 14.2. The summed E-state index contributed by atoms with van der Waals surface area (Å²) < 4.78 is 5.50. The van der Waals surface area contributed by atoms with Crippen LogP contribution in [0.4, 0.5) is 5.69 Å². The molecule has 0 fully saturated rings. The number of anilines is 1. The van der Waals surface area contributed by atoms with Crippen LogP contribution in [0.2, 0.25) is 0 Å². The van der Waals surface area contributed by atoms with Gasteiger partial charge in [0.05, 0.1) is 13.2 Å². The van der Waals surface area contributed by atoms with Crippen LogP contribution in [-0.2, 0) is 6.42 Å². The van der Waals surface area contributed by atoms with Gasteiger partial charge in [-0.25, -0.2) is 0 Å². The van der Waals surface area contributed by atoms with Crippen LogP contribution in [-0.4, -0.2) is 7.11 Å². The Labute approximate surface area is 124 Å². The molecule has 0 saturated carbocycles. The molecule has 0 radical (unpaired) electrons. The molecule has 1 aliphatic rings. The van der Waals surface area contributed by atoms with Gasteiger partial charge in [-0.05, 0) is 34.9 Å². The summed E-state index contributed by atoms with van der Waals surface area (Å²) in [6, 6.07) is 21.5. The number of para-hydroxylation sites is 1. The maximum atomic E-state index is 5.50. The lowest BCUT2D eigenvalue weighted by Gasteiger charge is -2.15. The van der Waals surface area contributed by atoms with E-state index in [4.69, 9.17) is 4.74 Å². The number of fused-ring (bicyclic) bond motifs is 3. The first-order valence-electron chi connectivity index (χ1n) is 7.27. The molecule has 1 atom stereocenters. The van der Waals surface area contributed by atoms with Gasteiger partial charge in [-0.3, -0.25) is 0 Å². The molecule has 0 spiro atoms. The average Bonchev–Trinajstić information content (AvgIpc) is 2.99. The lowest BCUT2D eigenvalue weighted by molar-refractivity contribution is 0.407. The Hall–Kier alpha value is -2.48. The van der Waals surface area contributed by atoms with Gasteiger partial charge < -0.3 is 10.1 Å². The van der Waals surface area contributed by atoms with Gasteiger partial charge in [0, 0.05) is 11.3 Å². The number of ether oxygens (including phenoxy) is 1. The van der Waals surface area contributed by atoms with Gasteiger partial charge in [0.1, 0.15) is 5.75 Å². The normalized spacial score (nSPS) is 16.5.